The highest BCUT2D eigenvalue weighted by Gasteiger charge is 2.20. The summed E-state index contributed by atoms with van der Waals surface area (Å²) in [7, 11) is 0. The van der Waals surface area contributed by atoms with Crippen LogP contribution in [0, 0.1) is 0 Å². The molecule has 1 amide bonds. The third kappa shape index (κ3) is 4.71. The number of benzene rings is 1. The lowest BCUT2D eigenvalue weighted by Gasteiger charge is -2.18. The van der Waals surface area contributed by atoms with Crippen LogP contribution in [0.25, 0.3) is 16.7 Å². The van der Waals surface area contributed by atoms with Gasteiger partial charge in [-0.3, -0.25) is 14.0 Å². The zero-order valence-electron chi connectivity index (χ0n) is 21.2. The number of carbonyl (C=O) groups is 2. The molecule has 36 heavy (non-hydrogen) atoms. The topological polar surface area (TPSA) is 95.0 Å². The fourth-order valence-corrected chi connectivity index (χ4v) is 4.07. The van der Waals surface area contributed by atoms with Crippen molar-refractivity contribution < 1.29 is 14.3 Å². The molecule has 0 unspecified atom stereocenters. The Labute approximate surface area is 208 Å². The summed E-state index contributed by atoms with van der Waals surface area (Å²) >= 11 is 0. The number of amides is 1. The molecule has 0 aliphatic carbocycles. The molecule has 0 fully saturated rings. The van der Waals surface area contributed by atoms with E-state index in [4.69, 9.17) is 4.74 Å². The Kier molecular flexibility index (Phi) is 6.88. The molecule has 0 saturated carbocycles. The highest BCUT2D eigenvalue weighted by atomic mass is 16.5. The van der Waals surface area contributed by atoms with Gasteiger partial charge in [0.2, 0.25) is 0 Å². The van der Waals surface area contributed by atoms with Crippen molar-refractivity contribution in [3.63, 3.8) is 0 Å². The first-order valence-electron chi connectivity index (χ1n) is 12.1. The van der Waals surface area contributed by atoms with Crippen molar-refractivity contribution in [1.82, 2.24) is 14.0 Å². The van der Waals surface area contributed by atoms with Gasteiger partial charge in [0.15, 0.2) is 5.49 Å². The molecule has 8 nitrogen and oxygen atoms in total. The lowest BCUT2D eigenvalue weighted by Crippen LogP contribution is -2.32. The maximum Gasteiger partial charge on any atom is 0.341 e. The molecule has 186 valence electrons. The van der Waals surface area contributed by atoms with E-state index in [2.05, 4.69) is 30.7 Å². The maximum absolute atomic E-state index is 13.3. The summed E-state index contributed by atoms with van der Waals surface area (Å²) < 4.78 is 8.35. The molecule has 8 heteroatoms. The summed E-state index contributed by atoms with van der Waals surface area (Å²) in [5.74, 6) is -1.15. The van der Waals surface area contributed by atoms with Gasteiger partial charge in [-0.2, -0.15) is 4.99 Å². The number of nitrogens with zero attached hydrogens (tertiary/aromatic N) is 4. The van der Waals surface area contributed by atoms with Crippen molar-refractivity contribution in [3.8, 4) is 0 Å². The van der Waals surface area contributed by atoms with Gasteiger partial charge >= 0.3 is 5.97 Å². The quantitative estimate of drug-likeness (QED) is 0.310. The van der Waals surface area contributed by atoms with Gasteiger partial charge in [-0.25, -0.2) is 9.78 Å². The van der Waals surface area contributed by atoms with Gasteiger partial charge in [0.1, 0.15) is 16.9 Å². The third-order valence-corrected chi connectivity index (χ3v) is 5.94. The molecule has 0 saturated heterocycles. The van der Waals surface area contributed by atoms with E-state index >= 15 is 0 Å². The standard InChI is InChI=1S/C28H30N4O4/c1-6-15-32-23-20(26(34)31-16-9-8-10-22(31)29-23)17-21(27(35)36-7-2)24(32)30-25(33)18-11-13-19(14-12-18)28(3,4)5/h8-14,16-17H,6-7,15H2,1-5H3. The SMILES string of the molecule is CCCn1c(=NC(=O)c2ccc(C(C)(C)C)cc2)c(C(=O)OCC)cc2c(=O)n3ccccc3nc21. The number of hydrogen-bond donors (Lipinski definition) is 0. The summed E-state index contributed by atoms with van der Waals surface area (Å²) in [5.41, 5.74) is 2.10. The van der Waals surface area contributed by atoms with E-state index in [0.717, 1.165) is 5.56 Å². The van der Waals surface area contributed by atoms with Crippen molar-refractivity contribution in [2.24, 2.45) is 4.99 Å². The fraction of sp³-hybridized carbons (Fsp3) is 0.321. The van der Waals surface area contributed by atoms with Gasteiger partial charge in [0.05, 0.1) is 12.0 Å². The molecule has 4 aromatic rings. The first kappa shape index (κ1) is 25.0. The smallest absolute Gasteiger partial charge is 0.341 e. The van der Waals surface area contributed by atoms with Crippen LogP contribution in [0.2, 0.25) is 0 Å². The predicted molar refractivity (Wildman–Crippen MR) is 138 cm³/mol. The Balaban J connectivity index is 2.02. The largest absolute Gasteiger partial charge is 0.462 e. The molecule has 0 atom stereocenters. The minimum absolute atomic E-state index is 0.0484. The average Bonchev–Trinajstić information content (AvgIpc) is 2.85. The molecular formula is C28H30N4O4. The van der Waals surface area contributed by atoms with E-state index in [1.54, 1.807) is 48.0 Å². The normalized spacial score (nSPS) is 12.3. The number of ether oxygens (including phenoxy) is 1. The number of aryl methyl sites for hydroxylation is 1. The summed E-state index contributed by atoms with van der Waals surface area (Å²) in [5, 5.41) is 0.246. The van der Waals surface area contributed by atoms with E-state index in [1.807, 2.05) is 19.1 Å². The van der Waals surface area contributed by atoms with Gasteiger partial charge < -0.3 is 9.30 Å². The predicted octanol–water partition coefficient (Wildman–Crippen LogP) is 4.27. The number of aromatic nitrogens is 3. The molecule has 0 N–H and O–H groups in total. The van der Waals surface area contributed by atoms with Crippen molar-refractivity contribution in [3.05, 3.63) is 87.3 Å². The molecule has 1 aromatic carbocycles. The van der Waals surface area contributed by atoms with Gasteiger partial charge in [0.25, 0.3) is 11.5 Å². The van der Waals surface area contributed by atoms with Crippen molar-refractivity contribution in [2.45, 2.75) is 53.0 Å². The molecular weight excluding hydrogens is 456 g/mol. The lowest BCUT2D eigenvalue weighted by molar-refractivity contribution is 0.0523. The van der Waals surface area contributed by atoms with Crippen LogP contribution in [-0.4, -0.2) is 32.4 Å². The molecule has 0 aliphatic heterocycles. The van der Waals surface area contributed by atoms with Crippen molar-refractivity contribution >= 4 is 28.6 Å². The Hall–Kier alpha value is -4.07. The molecule has 0 bridgehead atoms. The van der Waals surface area contributed by atoms with E-state index in [-0.39, 0.29) is 34.0 Å². The number of fused-ring (bicyclic) bond motifs is 2. The average molecular weight is 487 g/mol. The summed E-state index contributed by atoms with van der Waals surface area (Å²) in [4.78, 5) is 48.6. The van der Waals surface area contributed by atoms with E-state index in [1.165, 1.54) is 10.5 Å². The second-order valence-electron chi connectivity index (χ2n) is 9.58. The minimum atomic E-state index is -0.656. The number of rotatable bonds is 5. The summed E-state index contributed by atoms with van der Waals surface area (Å²) in [6.45, 7) is 10.5. The second-order valence-corrected chi connectivity index (χ2v) is 9.58. The van der Waals surface area contributed by atoms with E-state index < -0.39 is 11.9 Å². The first-order chi connectivity index (χ1) is 17.2. The summed E-state index contributed by atoms with van der Waals surface area (Å²) in [6, 6.07) is 14.0. The number of pyridine rings is 2. The van der Waals surface area contributed by atoms with Gasteiger partial charge in [0, 0.05) is 18.3 Å². The van der Waals surface area contributed by atoms with Crippen LogP contribution in [-0.2, 0) is 16.7 Å². The molecule has 0 spiro atoms. The van der Waals surface area contributed by atoms with Crippen LogP contribution in [0.1, 0.15) is 67.3 Å². The molecule has 0 aliphatic rings. The molecule has 4 rings (SSSR count). The van der Waals surface area contributed by atoms with E-state index in [9.17, 15) is 14.4 Å². The number of hydrogen-bond acceptors (Lipinski definition) is 5. The molecule has 3 aromatic heterocycles. The van der Waals surface area contributed by atoms with Gasteiger partial charge in [-0.05, 0) is 54.7 Å². The Morgan fingerprint density at radius 1 is 1.06 bits per heavy atom. The Bertz CT molecular complexity index is 1590. The number of esters is 1. The van der Waals surface area contributed by atoms with Crippen LogP contribution in [0.4, 0.5) is 0 Å². The zero-order valence-corrected chi connectivity index (χ0v) is 21.2. The first-order valence-corrected chi connectivity index (χ1v) is 12.1. The third-order valence-electron chi connectivity index (χ3n) is 5.94. The second kappa shape index (κ2) is 9.89. The Morgan fingerprint density at radius 2 is 1.78 bits per heavy atom. The zero-order chi connectivity index (χ0) is 26.0. The maximum atomic E-state index is 13.3. The van der Waals surface area contributed by atoms with Crippen LogP contribution >= 0.6 is 0 Å². The van der Waals surface area contributed by atoms with Crippen LogP contribution in [0.15, 0.2) is 64.5 Å². The fourth-order valence-electron chi connectivity index (χ4n) is 4.07. The van der Waals surface area contributed by atoms with Crippen molar-refractivity contribution in [2.75, 3.05) is 6.61 Å². The highest BCUT2D eigenvalue weighted by Crippen LogP contribution is 2.22. The van der Waals surface area contributed by atoms with Gasteiger partial charge in [-0.15, -0.1) is 0 Å². The van der Waals surface area contributed by atoms with Crippen LogP contribution in [0.3, 0.4) is 0 Å². The van der Waals surface area contributed by atoms with Gasteiger partial charge in [-0.1, -0.05) is 45.9 Å². The van der Waals surface area contributed by atoms with Crippen LogP contribution in [0.5, 0.6) is 0 Å². The lowest BCUT2D eigenvalue weighted by atomic mass is 9.87. The monoisotopic (exact) mass is 486 g/mol. The Morgan fingerprint density at radius 3 is 2.42 bits per heavy atom. The number of carbonyl (C=O) groups excluding carboxylic acids is 2. The highest BCUT2D eigenvalue weighted by molar-refractivity contribution is 5.97. The minimum Gasteiger partial charge on any atom is -0.462 e. The van der Waals surface area contributed by atoms with Crippen LogP contribution < -0.4 is 11.0 Å². The summed E-state index contributed by atoms with van der Waals surface area (Å²) in [6.07, 6.45) is 2.29. The molecule has 0 radical (unpaired) electrons. The van der Waals surface area contributed by atoms with Crippen molar-refractivity contribution in [1.29, 1.82) is 0 Å². The molecule has 3 heterocycles. The van der Waals surface area contributed by atoms with E-state index in [0.29, 0.717) is 29.8 Å².